The third-order valence-corrected chi connectivity index (χ3v) is 3.69. The molecule has 3 nitrogen and oxygen atoms in total. The maximum atomic E-state index is 11.2. The van der Waals surface area contributed by atoms with Crippen LogP contribution in [0.1, 0.15) is 18.9 Å². The summed E-state index contributed by atoms with van der Waals surface area (Å²) in [5.41, 5.74) is 1.62. The van der Waals surface area contributed by atoms with Crippen molar-refractivity contribution >= 4 is 19.7 Å². The van der Waals surface area contributed by atoms with Crippen molar-refractivity contribution in [2.24, 2.45) is 0 Å². The van der Waals surface area contributed by atoms with E-state index in [1.807, 2.05) is 6.92 Å². The topological polar surface area (TPSA) is 43.4 Å². The Morgan fingerprint density at radius 2 is 2.12 bits per heavy atom. The van der Waals surface area contributed by atoms with Gasteiger partial charge in [-0.1, -0.05) is 5.57 Å². The van der Waals surface area contributed by atoms with E-state index in [0.29, 0.717) is 17.9 Å². The molecule has 0 atom stereocenters. The number of hydrogen-bond acceptors (Lipinski definition) is 3. The summed E-state index contributed by atoms with van der Waals surface area (Å²) in [6, 6.07) is 4.71. The van der Waals surface area contributed by atoms with Crippen molar-refractivity contribution in [1.82, 2.24) is 0 Å². The highest BCUT2D eigenvalue weighted by atomic mass is 35.7. The second-order valence-electron chi connectivity index (χ2n) is 3.92. The van der Waals surface area contributed by atoms with Crippen LogP contribution in [0.2, 0.25) is 0 Å². The standard InChI is InChI=1S/C12H15ClO3S/c1-9(2)6-7-16-11-4-5-12(10(3)8-11)17(13,14)15/h4-5,8H,1,6-7H2,2-3H3. The van der Waals surface area contributed by atoms with E-state index in [1.54, 1.807) is 19.1 Å². The second kappa shape index (κ2) is 5.56. The summed E-state index contributed by atoms with van der Waals surface area (Å²) in [7, 11) is 1.60. The first-order valence-electron chi connectivity index (χ1n) is 5.13. The van der Waals surface area contributed by atoms with Crippen LogP contribution < -0.4 is 4.74 Å². The maximum absolute atomic E-state index is 11.2. The van der Waals surface area contributed by atoms with Gasteiger partial charge in [-0.25, -0.2) is 8.42 Å². The minimum atomic E-state index is -3.68. The monoisotopic (exact) mass is 274 g/mol. The van der Waals surface area contributed by atoms with Crippen LogP contribution in [0.5, 0.6) is 5.75 Å². The van der Waals surface area contributed by atoms with E-state index in [0.717, 1.165) is 12.0 Å². The molecule has 0 saturated heterocycles. The molecule has 1 aromatic carbocycles. The molecular weight excluding hydrogens is 260 g/mol. The van der Waals surface area contributed by atoms with E-state index in [2.05, 4.69) is 6.58 Å². The smallest absolute Gasteiger partial charge is 0.261 e. The van der Waals surface area contributed by atoms with Crippen LogP contribution in [0, 0.1) is 6.92 Å². The molecule has 0 aliphatic heterocycles. The van der Waals surface area contributed by atoms with Crippen LogP contribution in [-0.2, 0) is 9.05 Å². The van der Waals surface area contributed by atoms with Gasteiger partial charge in [0.2, 0.25) is 0 Å². The molecule has 0 heterocycles. The molecule has 0 amide bonds. The van der Waals surface area contributed by atoms with Crippen molar-refractivity contribution in [2.45, 2.75) is 25.2 Å². The van der Waals surface area contributed by atoms with Gasteiger partial charge in [0, 0.05) is 17.1 Å². The summed E-state index contributed by atoms with van der Waals surface area (Å²) in [4.78, 5) is 0.117. The van der Waals surface area contributed by atoms with E-state index in [1.165, 1.54) is 6.07 Å². The SMILES string of the molecule is C=C(C)CCOc1ccc(S(=O)(=O)Cl)c(C)c1. The molecule has 17 heavy (non-hydrogen) atoms. The summed E-state index contributed by atoms with van der Waals surface area (Å²) in [5, 5.41) is 0. The van der Waals surface area contributed by atoms with Crippen molar-refractivity contribution in [3.63, 3.8) is 0 Å². The van der Waals surface area contributed by atoms with Gasteiger partial charge >= 0.3 is 0 Å². The lowest BCUT2D eigenvalue weighted by Crippen LogP contribution is -1.99. The third-order valence-electron chi connectivity index (χ3n) is 2.21. The van der Waals surface area contributed by atoms with E-state index in [4.69, 9.17) is 15.4 Å². The molecule has 0 aliphatic carbocycles. The zero-order chi connectivity index (χ0) is 13.1. The minimum Gasteiger partial charge on any atom is -0.493 e. The Morgan fingerprint density at radius 1 is 1.47 bits per heavy atom. The number of halogens is 1. The van der Waals surface area contributed by atoms with Gasteiger partial charge in [0.25, 0.3) is 9.05 Å². The van der Waals surface area contributed by atoms with Crippen LogP contribution in [0.4, 0.5) is 0 Å². The first-order chi connectivity index (χ1) is 7.80. The third kappa shape index (κ3) is 4.40. The Labute approximate surface area is 106 Å². The van der Waals surface area contributed by atoms with Crippen molar-refractivity contribution < 1.29 is 13.2 Å². The number of benzene rings is 1. The summed E-state index contributed by atoms with van der Waals surface area (Å²) in [5.74, 6) is 0.632. The molecule has 5 heteroatoms. The largest absolute Gasteiger partial charge is 0.493 e. The van der Waals surface area contributed by atoms with Crippen molar-refractivity contribution in [1.29, 1.82) is 0 Å². The quantitative estimate of drug-likeness (QED) is 0.611. The highest BCUT2D eigenvalue weighted by molar-refractivity contribution is 8.13. The maximum Gasteiger partial charge on any atom is 0.261 e. The van der Waals surface area contributed by atoms with Crippen LogP contribution >= 0.6 is 10.7 Å². The van der Waals surface area contributed by atoms with Crippen molar-refractivity contribution in [3.05, 3.63) is 35.9 Å². The van der Waals surface area contributed by atoms with Gasteiger partial charge in [0.05, 0.1) is 11.5 Å². The summed E-state index contributed by atoms with van der Waals surface area (Å²) >= 11 is 0. The number of aryl methyl sites for hydroxylation is 1. The highest BCUT2D eigenvalue weighted by Gasteiger charge is 2.13. The molecule has 1 rings (SSSR count). The molecule has 0 bridgehead atoms. The Morgan fingerprint density at radius 3 is 2.59 bits per heavy atom. The van der Waals surface area contributed by atoms with Gasteiger partial charge in [-0.05, 0) is 37.6 Å². The van der Waals surface area contributed by atoms with E-state index >= 15 is 0 Å². The molecule has 0 unspecified atom stereocenters. The fourth-order valence-electron chi connectivity index (χ4n) is 1.33. The molecule has 0 fully saturated rings. The molecule has 0 saturated carbocycles. The van der Waals surface area contributed by atoms with Gasteiger partial charge in [0.1, 0.15) is 5.75 Å². The van der Waals surface area contributed by atoms with Crippen LogP contribution in [0.25, 0.3) is 0 Å². The Bertz CT molecular complexity index is 521. The predicted molar refractivity (Wildman–Crippen MR) is 69.1 cm³/mol. The fourth-order valence-corrected chi connectivity index (χ4v) is 2.52. The Kier molecular flexibility index (Phi) is 4.60. The molecule has 0 N–H and O–H groups in total. The summed E-state index contributed by atoms with van der Waals surface area (Å²) in [6.07, 6.45) is 0.772. The molecule has 0 aromatic heterocycles. The van der Waals surface area contributed by atoms with Gasteiger partial charge in [-0.2, -0.15) is 0 Å². The number of ether oxygens (including phenoxy) is 1. The summed E-state index contributed by atoms with van der Waals surface area (Å²) < 4.78 is 27.8. The van der Waals surface area contributed by atoms with Crippen molar-refractivity contribution in [2.75, 3.05) is 6.61 Å². The summed E-state index contributed by atoms with van der Waals surface area (Å²) in [6.45, 7) is 7.91. The molecule has 1 aromatic rings. The van der Waals surface area contributed by atoms with Crippen LogP contribution in [-0.4, -0.2) is 15.0 Å². The Balaban J connectivity index is 2.79. The normalized spacial score (nSPS) is 11.2. The first kappa shape index (κ1) is 14.1. The van der Waals surface area contributed by atoms with Gasteiger partial charge < -0.3 is 4.74 Å². The van der Waals surface area contributed by atoms with Crippen LogP contribution in [0.3, 0.4) is 0 Å². The molecule has 0 radical (unpaired) electrons. The van der Waals surface area contributed by atoms with Crippen molar-refractivity contribution in [3.8, 4) is 5.75 Å². The lowest BCUT2D eigenvalue weighted by molar-refractivity contribution is 0.321. The molecule has 94 valence electrons. The molecule has 0 aliphatic rings. The molecular formula is C12H15ClO3S. The first-order valence-corrected chi connectivity index (χ1v) is 7.44. The van der Waals surface area contributed by atoms with E-state index < -0.39 is 9.05 Å². The van der Waals surface area contributed by atoms with E-state index in [9.17, 15) is 8.42 Å². The Hall–Kier alpha value is -1.00. The number of hydrogen-bond donors (Lipinski definition) is 0. The van der Waals surface area contributed by atoms with Gasteiger partial charge in [-0.15, -0.1) is 6.58 Å². The zero-order valence-corrected chi connectivity index (χ0v) is 11.4. The number of rotatable bonds is 5. The average Bonchev–Trinajstić information content (AvgIpc) is 2.14. The average molecular weight is 275 g/mol. The zero-order valence-electron chi connectivity index (χ0n) is 9.86. The lowest BCUT2D eigenvalue weighted by Gasteiger charge is -2.08. The van der Waals surface area contributed by atoms with Gasteiger partial charge in [-0.3, -0.25) is 0 Å². The lowest BCUT2D eigenvalue weighted by atomic mass is 10.2. The predicted octanol–water partition coefficient (Wildman–Crippen LogP) is 3.27. The minimum absolute atomic E-state index is 0.117. The van der Waals surface area contributed by atoms with Gasteiger partial charge in [0.15, 0.2) is 0 Å². The second-order valence-corrected chi connectivity index (χ2v) is 6.46. The van der Waals surface area contributed by atoms with E-state index in [-0.39, 0.29) is 4.90 Å². The fraction of sp³-hybridized carbons (Fsp3) is 0.333. The molecule has 0 spiro atoms. The van der Waals surface area contributed by atoms with Crippen LogP contribution in [0.15, 0.2) is 35.2 Å². The highest BCUT2D eigenvalue weighted by Crippen LogP contribution is 2.24.